The lowest BCUT2D eigenvalue weighted by Crippen LogP contribution is -2.34. The van der Waals surface area contributed by atoms with Gasteiger partial charge in [-0.15, -0.1) is 0 Å². The summed E-state index contributed by atoms with van der Waals surface area (Å²) in [6.07, 6.45) is 0.851. The Balaban J connectivity index is 2.03. The smallest absolute Gasteiger partial charge is 0.216 e. The number of amides is 1. The van der Waals surface area contributed by atoms with Crippen molar-refractivity contribution in [2.75, 3.05) is 19.7 Å². The molecule has 1 unspecified atom stereocenters. The number of carbonyl (C=O) groups excluding carboxylic acids is 1. The Kier molecular flexibility index (Phi) is 4.91. The lowest BCUT2D eigenvalue weighted by Gasteiger charge is -2.27. The molecule has 0 radical (unpaired) electrons. The number of ether oxygens (including phenoxy) is 1. The quantitative estimate of drug-likeness (QED) is 0.841. The fourth-order valence-corrected chi connectivity index (χ4v) is 2.69. The molecule has 2 rings (SSSR count). The van der Waals surface area contributed by atoms with Gasteiger partial charge in [0.1, 0.15) is 5.75 Å². The van der Waals surface area contributed by atoms with Gasteiger partial charge in [0.05, 0.1) is 11.6 Å². The summed E-state index contributed by atoms with van der Waals surface area (Å²) in [5, 5.41) is 7.26. The first-order valence-corrected chi connectivity index (χ1v) is 6.93. The monoisotopic (exact) mass is 302 g/mol. The van der Waals surface area contributed by atoms with Gasteiger partial charge in [-0.05, 0) is 12.1 Å². The van der Waals surface area contributed by atoms with Crippen LogP contribution in [0.4, 0.5) is 0 Å². The number of carbonyl (C=O) groups is 1. The van der Waals surface area contributed by atoms with Crippen LogP contribution in [-0.4, -0.2) is 25.6 Å². The minimum absolute atomic E-state index is 0.0275. The van der Waals surface area contributed by atoms with Gasteiger partial charge in [0.15, 0.2) is 0 Å². The summed E-state index contributed by atoms with van der Waals surface area (Å²) in [5.41, 5.74) is 0.978. The Hall–Kier alpha value is -0.970. The van der Waals surface area contributed by atoms with Crippen LogP contribution < -0.4 is 15.4 Å². The minimum Gasteiger partial charge on any atom is -0.492 e. The molecule has 2 N–H and O–H groups in total. The molecule has 1 amide bonds. The Labute approximate surface area is 122 Å². The summed E-state index contributed by atoms with van der Waals surface area (Å²) in [7, 11) is 0. The number of hydrogen-bond donors (Lipinski definition) is 2. The van der Waals surface area contributed by atoms with Crippen molar-refractivity contribution in [3.8, 4) is 5.75 Å². The van der Waals surface area contributed by atoms with Crippen molar-refractivity contribution in [1.82, 2.24) is 10.6 Å². The van der Waals surface area contributed by atoms with Crippen LogP contribution in [0, 0.1) is 0 Å². The zero-order valence-electron chi connectivity index (χ0n) is 10.6. The van der Waals surface area contributed by atoms with Crippen LogP contribution in [0.1, 0.15) is 24.9 Å². The maximum absolute atomic E-state index is 10.8. The van der Waals surface area contributed by atoms with E-state index in [4.69, 9.17) is 27.9 Å². The van der Waals surface area contributed by atoms with Crippen molar-refractivity contribution in [2.45, 2.75) is 19.4 Å². The Bertz CT molecular complexity index is 480. The first-order valence-electron chi connectivity index (χ1n) is 6.17. The fourth-order valence-electron chi connectivity index (χ4n) is 2.12. The maximum atomic E-state index is 10.8. The standard InChI is InChI=1S/C13H16Cl2N2O2/c1-8(18)16-3-4-17-12-2-5-19-13-10(12)6-9(14)7-11(13)15/h6-7,12,17H,2-5H2,1H3,(H,16,18). The molecule has 1 atom stereocenters. The highest BCUT2D eigenvalue weighted by atomic mass is 35.5. The Morgan fingerprint density at radius 1 is 1.42 bits per heavy atom. The average Bonchev–Trinajstić information content (AvgIpc) is 2.34. The fraction of sp³-hybridized carbons (Fsp3) is 0.462. The third-order valence-electron chi connectivity index (χ3n) is 2.96. The lowest BCUT2D eigenvalue weighted by molar-refractivity contribution is -0.118. The summed E-state index contributed by atoms with van der Waals surface area (Å²) < 4.78 is 5.58. The Morgan fingerprint density at radius 3 is 2.95 bits per heavy atom. The van der Waals surface area contributed by atoms with Gasteiger partial charge in [0, 0.05) is 43.1 Å². The van der Waals surface area contributed by atoms with E-state index in [1.54, 1.807) is 6.07 Å². The number of hydrogen-bond acceptors (Lipinski definition) is 3. The molecule has 4 nitrogen and oxygen atoms in total. The molecule has 0 spiro atoms. The summed E-state index contributed by atoms with van der Waals surface area (Å²) in [5.74, 6) is 0.676. The van der Waals surface area contributed by atoms with E-state index in [1.165, 1.54) is 6.92 Å². The normalized spacial score (nSPS) is 17.5. The van der Waals surface area contributed by atoms with E-state index in [2.05, 4.69) is 10.6 Å². The molecule has 1 aliphatic rings. The van der Waals surface area contributed by atoms with E-state index < -0.39 is 0 Å². The predicted molar refractivity (Wildman–Crippen MR) is 76.0 cm³/mol. The van der Waals surface area contributed by atoms with E-state index >= 15 is 0 Å². The highest BCUT2D eigenvalue weighted by molar-refractivity contribution is 6.35. The number of nitrogens with one attached hydrogen (secondary N) is 2. The van der Waals surface area contributed by atoms with Crippen LogP contribution in [-0.2, 0) is 4.79 Å². The van der Waals surface area contributed by atoms with Crippen molar-refractivity contribution in [3.63, 3.8) is 0 Å². The molecule has 0 saturated heterocycles. The van der Waals surface area contributed by atoms with Gasteiger partial charge in [0.2, 0.25) is 5.91 Å². The minimum atomic E-state index is -0.0275. The van der Waals surface area contributed by atoms with E-state index in [-0.39, 0.29) is 11.9 Å². The van der Waals surface area contributed by atoms with Crippen molar-refractivity contribution in [3.05, 3.63) is 27.7 Å². The summed E-state index contributed by atoms with van der Waals surface area (Å²) in [6.45, 7) is 3.40. The van der Waals surface area contributed by atoms with Crippen LogP contribution in [0.15, 0.2) is 12.1 Å². The van der Waals surface area contributed by atoms with Gasteiger partial charge in [-0.25, -0.2) is 0 Å². The molecule has 0 aromatic heterocycles. The van der Waals surface area contributed by atoms with Crippen molar-refractivity contribution in [2.24, 2.45) is 0 Å². The molecule has 1 aromatic rings. The van der Waals surface area contributed by atoms with Crippen molar-refractivity contribution in [1.29, 1.82) is 0 Å². The second-order valence-corrected chi connectivity index (χ2v) is 5.28. The molecular weight excluding hydrogens is 287 g/mol. The second kappa shape index (κ2) is 6.46. The second-order valence-electron chi connectivity index (χ2n) is 4.43. The van der Waals surface area contributed by atoms with E-state index in [0.29, 0.717) is 35.5 Å². The van der Waals surface area contributed by atoms with Crippen molar-refractivity contribution < 1.29 is 9.53 Å². The van der Waals surface area contributed by atoms with E-state index in [0.717, 1.165) is 12.0 Å². The van der Waals surface area contributed by atoms with Gasteiger partial charge in [-0.3, -0.25) is 4.79 Å². The number of benzene rings is 1. The molecule has 104 valence electrons. The molecule has 0 saturated carbocycles. The van der Waals surface area contributed by atoms with Crippen LogP contribution in [0.2, 0.25) is 10.0 Å². The number of fused-ring (bicyclic) bond motifs is 1. The molecule has 0 aliphatic carbocycles. The van der Waals surface area contributed by atoms with Crippen molar-refractivity contribution >= 4 is 29.1 Å². The lowest BCUT2D eigenvalue weighted by atomic mass is 10.0. The molecule has 19 heavy (non-hydrogen) atoms. The Morgan fingerprint density at radius 2 is 2.21 bits per heavy atom. The predicted octanol–water partition coefficient (Wildman–Crippen LogP) is 2.54. The van der Waals surface area contributed by atoms with Crippen LogP contribution in [0.5, 0.6) is 5.75 Å². The van der Waals surface area contributed by atoms with Crippen LogP contribution in [0.3, 0.4) is 0 Å². The SMILES string of the molecule is CC(=O)NCCNC1CCOc2c(Cl)cc(Cl)cc21. The average molecular weight is 303 g/mol. The molecular formula is C13H16Cl2N2O2. The van der Waals surface area contributed by atoms with Gasteiger partial charge in [-0.1, -0.05) is 23.2 Å². The van der Waals surface area contributed by atoms with Gasteiger partial charge in [0.25, 0.3) is 0 Å². The number of rotatable bonds is 4. The molecule has 0 bridgehead atoms. The molecule has 0 fully saturated rings. The highest BCUT2D eigenvalue weighted by Gasteiger charge is 2.23. The molecule has 6 heteroatoms. The topological polar surface area (TPSA) is 50.4 Å². The molecule has 1 aliphatic heterocycles. The third kappa shape index (κ3) is 3.75. The zero-order valence-corrected chi connectivity index (χ0v) is 12.1. The highest BCUT2D eigenvalue weighted by Crippen LogP contribution is 2.39. The summed E-state index contributed by atoms with van der Waals surface area (Å²) >= 11 is 12.1. The largest absolute Gasteiger partial charge is 0.492 e. The van der Waals surface area contributed by atoms with Gasteiger partial charge < -0.3 is 15.4 Å². The first kappa shape index (κ1) is 14.4. The van der Waals surface area contributed by atoms with Gasteiger partial charge in [-0.2, -0.15) is 0 Å². The zero-order chi connectivity index (χ0) is 13.8. The molecule has 1 aromatic carbocycles. The maximum Gasteiger partial charge on any atom is 0.216 e. The van der Waals surface area contributed by atoms with E-state index in [9.17, 15) is 4.79 Å². The van der Waals surface area contributed by atoms with Gasteiger partial charge >= 0.3 is 0 Å². The summed E-state index contributed by atoms with van der Waals surface area (Å²) in [4.78, 5) is 10.8. The number of halogens is 2. The summed E-state index contributed by atoms with van der Waals surface area (Å²) in [6, 6.07) is 3.70. The molecule has 1 heterocycles. The van der Waals surface area contributed by atoms with Crippen LogP contribution in [0.25, 0.3) is 0 Å². The third-order valence-corrected chi connectivity index (χ3v) is 3.45. The van der Waals surface area contributed by atoms with E-state index in [1.807, 2.05) is 6.07 Å². The first-order chi connectivity index (χ1) is 9.08. The van der Waals surface area contributed by atoms with Crippen LogP contribution >= 0.6 is 23.2 Å².